The smallest absolute Gasteiger partial charge is 0.416 e. The van der Waals surface area contributed by atoms with E-state index in [1.54, 1.807) is 13.8 Å². The normalized spacial score (nSPS) is 13.9. The van der Waals surface area contributed by atoms with Crippen molar-refractivity contribution < 1.29 is 22.7 Å². The second-order valence-electron chi connectivity index (χ2n) is 4.84. The second kappa shape index (κ2) is 6.35. The van der Waals surface area contributed by atoms with Crippen LogP contribution in [0.4, 0.5) is 13.2 Å². The summed E-state index contributed by atoms with van der Waals surface area (Å²) < 4.78 is 42.9. The zero-order valence-corrected chi connectivity index (χ0v) is 13.1. The predicted octanol–water partition coefficient (Wildman–Crippen LogP) is 4.64. The molecule has 7 heteroatoms. The molecule has 20 heavy (non-hydrogen) atoms. The molecule has 0 saturated heterocycles. The van der Waals surface area contributed by atoms with Crippen molar-refractivity contribution in [1.82, 2.24) is 0 Å². The first-order valence-corrected chi connectivity index (χ1v) is 7.11. The van der Waals surface area contributed by atoms with Gasteiger partial charge in [0.1, 0.15) is 5.75 Å². The minimum Gasteiger partial charge on any atom is -0.471 e. The highest BCUT2D eigenvalue weighted by molar-refractivity contribution is 9.09. The Kier molecular flexibility index (Phi) is 5.49. The molecule has 0 amide bonds. The van der Waals surface area contributed by atoms with Crippen LogP contribution in [0.2, 0.25) is 0 Å². The largest absolute Gasteiger partial charge is 0.471 e. The molecule has 1 aromatic carbocycles. The van der Waals surface area contributed by atoms with E-state index in [1.165, 1.54) is 12.1 Å². The fraction of sp³-hybridized carbons (Fsp3) is 0.462. The Labute approximate surface area is 128 Å². The fourth-order valence-corrected chi connectivity index (χ4v) is 2.26. The number of carbonyl (C=O) groups is 1. The molecule has 0 radical (unpaired) electrons. The van der Waals surface area contributed by atoms with Crippen LogP contribution < -0.4 is 4.74 Å². The Balaban J connectivity index is 2.87. The van der Waals surface area contributed by atoms with Gasteiger partial charge in [-0.05, 0) is 34.1 Å². The maximum atomic E-state index is 12.6. The summed E-state index contributed by atoms with van der Waals surface area (Å²) >= 11 is 8.69. The number of carbonyl (C=O) groups excluding carboxylic acids is 1. The van der Waals surface area contributed by atoms with Crippen molar-refractivity contribution in [1.29, 1.82) is 0 Å². The highest BCUT2D eigenvalue weighted by Gasteiger charge is 2.34. The van der Waals surface area contributed by atoms with Crippen LogP contribution in [0.5, 0.6) is 5.75 Å². The zero-order valence-electron chi connectivity index (χ0n) is 10.8. The van der Waals surface area contributed by atoms with Gasteiger partial charge in [-0.3, -0.25) is 4.79 Å². The maximum absolute atomic E-state index is 12.6. The summed E-state index contributed by atoms with van der Waals surface area (Å²) in [6.45, 7) is 3.26. The van der Waals surface area contributed by atoms with Crippen LogP contribution in [-0.4, -0.2) is 16.7 Å². The van der Waals surface area contributed by atoms with Crippen molar-refractivity contribution in [2.45, 2.75) is 25.0 Å². The standard InChI is InChI=1S/C13H13BrClF3O2/c1-12(2,7-15)10(19)11(14)20-9-5-3-4-8(6-9)13(16,17)18/h3-6,11H,7H2,1-2H3. The van der Waals surface area contributed by atoms with E-state index in [2.05, 4.69) is 15.9 Å². The van der Waals surface area contributed by atoms with Crippen LogP contribution in [0.25, 0.3) is 0 Å². The summed E-state index contributed by atoms with van der Waals surface area (Å²) in [6.07, 6.45) is -4.46. The lowest BCUT2D eigenvalue weighted by molar-refractivity contribution is -0.137. The third-order valence-electron chi connectivity index (χ3n) is 2.61. The minimum absolute atomic E-state index is 0.0413. The summed E-state index contributed by atoms with van der Waals surface area (Å²) in [6, 6.07) is 4.34. The van der Waals surface area contributed by atoms with Gasteiger partial charge in [-0.25, -0.2) is 0 Å². The highest BCUT2D eigenvalue weighted by Crippen LogP contribution is 2.32. The molecule has 112 valence electrons. The van der Waals surface area contributed by atoms with Crippen molar-refractivity contribution in [3.8, 4) is 5.75 Å². The van der Waals surface area contributed by atoms with E-state index in [9.17, 15) is 18.0 Å². The zero-order chi connectivity index (χ0) is 15.6. The van der Waals surface area contributed by atoms with Gasteiger partial charge < -0.3 is 4.74 Å². The van der Waals surface area contributed by atoms with Gasteiger partial charge in [-0.15, -0.1) is 11.6 Å². The molecule has 0 bridgehead atoms. The first-order valence-electron chi connectivity index (χ1n) is 5.66. The number of Topliss-reactive ketones (excluding diaryl/α,β-unsaturated/α-hetero) is 1. The van der Waals surface area contributed by atoms with Crippen molar-refractivity contribution >= 4 is 33.3 Å². The Hall–Kier alpha value is -0.750. The number of alkyl halides is 5. The third kappa shape index (κ3) is 4.38. The topological polar surface area (TPSA) is 26.3 Å². The number of hydrogen-bond acceptors (Lipinski definition) is 2. The second-order valence-corrected chi connectivity index (χ2v) is 5.94. The minimum atomic E-state index is -4.46. The number of halogens is 5. The van der Waals surface area contributed by atoms with Crippen molar-refractivity contribution in [2.24, 2.45) is 5.41 Å². The van der Waals surface area contributed by atoms with Gasteiger partial charge in [0.15, 0.2) is 5.78 Å². The van der Waals surface area contributed by atoms with Gasteiger partial charge in [0.2, 0.25) is 5.01 Å². The molecule has 1 atom stereocenters. The van der Waals surface area contributed by atoms with Gasteiger partial charge in [-0.2, -0.15) is 13.2 Å². The Morgan fingerprint density at radius 1 is 1.40 bits per heavy atom. The van der Waals surface area contributed by atoms with Crippen LogP contribution in [0.1, 0.15) is 19.4 Å². The van der Waals surface area contributed by atoms with E-state index in [0.29, 0.717) is 0 Å². The molecule has 2 nitrogen and oxygen atoms in total. The van der Waals surface area contributed by atoms with Crippen molar-refractivity contribution in [2.75, 3.05) is 5.88 Å². The molecule has 0 fully saturated rings. The Bertz CT molecular complexity index is 489. The molecule has 0 aromatic heterocycles. The quantitative estimate of drug-likeness (QED) is 0.703. The third-order valence-corrected chi connectivity index (χ3v) is 3.88. The monoisotopic (exact) mass is 372 g/mol. The lowest BCUT2D eigenvalue weighted by atomic mass is 9.91. The number of rotatable bonds is 5. The molecule has 0 N–H and O–H groups in total. The first-order chi connectivity index (χ1) is 9.08. The predicted molar refractivity (Wildman–Crippen MR) is 74.3 cm³/mol. The molecule has 0 heterocycles. The molecule has 0 spiro atoms. The molecule has 0 saturated carbocycles. The lowest BCUT2D eigenvalue weighted by Gasteiger charge is -2.23. The van der Waals surface area contributed by atoms with Crippen molar-refractivity contribution in [3.05, 3.63) is 29.8 Å². The van der Waals surface area contributed by atoms with Crippen LogP contribution in [0.15, 0.2) is 24.3 Å². The SMILES string of the molecule is CC(C)(CCl)C(=O)C(Br)Oc1cccc(C(F)(F)F)c1. The van der Waals surface area contributed by atoms with Crippen LogP contribution >= 0.6 is 27.5 Å². The lowest BCUT2D eigenvalue weighted by Crippen LogP contribution is -2.35. The van der Waals surface area contributed by atoms with Gasteiger partial charge in [0, 0.05) is 11.3 Å². The summed E-state index contributed by atoms with van der Waals surface area (Å²) in [4.78, 5) is 12.0. The fourth-order valence-electron chi connectivity index (χ4n) is 1.29. The van der Waals surface area contributed by atoms with Gasteiger partial charge in [-0.1, -0.05) is 19.9 Å². The summed E-state index contributed by atoms with van der Waals surface area (Å²) in [5.41, 5.74) is -1.67. The average molecular weight is 374 g/mol. The van der Waals surface area contributed by atoms with Crippen LogP contribution in [0.3, 0.4) is 0 Å². The Morgan fingerprint density at radius 3 is 2.50 bits per heavy atom. The maximum Gasteiger partial charge on any atom is 0.416 e. The molecule has 1 unspecified atom stereocenters. The van der Waals surface area contributed by atoms with Crippen molar-refractivity contribution in [3.63, 3.8) is 0 Å². The molecular formula is C13H13BrClF3O2. The Morgan fingerprint density at radius 2 is 2.00 bits per heavy atom. The number of benzene rings is 1. The number of ether oxygens (including phenoxy) is 1. The summed E-state index contributed by atoms with van der Waals surface area (Å²) in [5.74, 6) is -0.301. The summed E-state index contributed by atoms with van der Waals surface area (Å²) in [5, 5.41) is -1.06. The van der Waals surface area contributed by atoms with Gasteiger partial charge in [0.05, 0.1) is 5.56 Å². The molecule has 1 aromatic rings. The molecule has 0 aliphatic heterocycles. The van der Waals surface area contributed by atoms with E-state index in [1.807, 2.05) is 0 Å². The molecule has 1 rings (SSSR count). The highest BCUT2D eigenvalue weighted by atomic mass is 79.9. The summed E-state index contributed by atoms with van der Waals surface area (Å²) in [7, 11) is 0. The van der Waals surface area contributed by atoms with E-state index in [0.717, 1.165) is 12.1 Å². The number of hydrogen-bond donors (Lipinski definition) is 0. The van der Waals surface area contributed by atoms with E-state index in [4.69, 9.17) is 16.3 Å². The van der Waals surface area contributed by atoms with Crippen LogP contribution in [-0.2, 0) is 11.0 Å². The van der Waals surface area contributed by atoms with E-state index < -0.39 is 22.2 Å². The van der Waals surface area contributed by atoms with E-state index in [-0.39, 0.29) is 17.4 Å². The van der Waals surface area contributed by atoms with E-state index >= 15 is 0 Å². The van der Waals surface area contributed by atoms with Crippen LogP contribution in [0, 0.1) is 5.41 Å². The molecular weight excluding hydrogens is 360 g/mol. The first kappa shape index (κ1) is 17.3. The molecule has 0 aliphatic rings. The molecule has 0 aliphatic carbocycles. The average Bonchev–Trinajstić information content (AvgIpc) is 2.37. The number of ketones is 1. The van der Waals surface area contributed by atoms with Gasteiger partial charge >= 0.3 is 6.18 Å². The van der Waals surface area contributed by atoms with Gasteiger partial charge in [0.25, 0.3) is 0 Å².